The molecule has 5 aromatic rings. The molecule has 4 atom stereocenters. The summed E-state index contributed by atoms with van der Waals surface area (Å²) >= 11 is 0. The second kappa shape index (κ2) is 23.8. The van der Waals surface area contributed by atoms with Gasteiger partial charge in [-0.3, -0.25) is 53.1 Å². The molecule has 0 bridgehead atoms. The lowest BCUT2D eigenvalue weighted by molar-refractivity contribution is -0.137. The van der Waals surface area contributed by atoms with E-state index < -0.39 is 41.6 Å². The van der Waals surface area contributed by atoms with Crippen LogP contribution in [0.1, 0.15) is 82.5 Å². The molecule has 0 saturated carbocycles. The van der Waals surface area contributed by atoms with Crippen LogP contribution < -0.4 is 55.3 Å². The highest BCUT2D eigenvalue weighted by atomic mass is 16.5. The number of benzene rings is 5. The molecular weight excluding hydrogens is 1040 g/mol. The first-order valence-corrected chi connectivity index (χ1v) is 26.8. The number of carbonyl (C=O) groups is 8. The van der Waals surface area contributed by atoms with Crippen LogP contribution in [0.2, 0.25) is 0 Å². The number of fused-ring (bicyclic) bond motifs is 8. The number of nitrogens with one attached hydrogen (secondary N) is 5. The standard InChI is InChI=1S/C60H61N9O12/c1-34(64-54(71)16-10-9-15-53(70)61-19-20-67-55(72)17-18-56(67)73)57(74)65-35(2)58(75)66-40-22-36(32-80-51-28-45-43(26-49(51)78-3)59(76)68-41(30-62-45)24-38-11-5-7-13-47(38)68)21-37(23-40)33-81-52-29-46-44(27-50(52)79-4)60(77)69-42(31-63-46)25-39-12-6-8-14-48(39)69/h5-8,11-14,17-18,21-23,26-30,34-35,41-42,63H,9-10,15-16,19-20,24-25,31-33H2,1-4H3,(H,61,70)(H,64,71)(H,65,74)(H,66,75)/t34-,35-,41?,42-/m0/s1. The molecule has 0 radical (unpaired) electrons. The van der Waals surface area contributed by atoms with Crippen LogP contribution in [0, 0.1) is 0 Å². The molecule has 10 rings (SSSR count). The van der Waals surface area contributed by atoms with Gasteiger partial charge >= 0.3 is 0 Å². The normalized spacial score (nSPS) is 17.0. The van der Waals surface area contributed by atoms with E-state index in [9.17, 15) is 38.4 Å². The summed E-state index contributed by atoms with van der Waals surface area (Å²) in [4.78, 5) is 113. The van der Waals surface area contributed by atoms with Crippen molar-refractivity contribution in [3.63, 3.8) is 0 Å². The van der Waals surface area contributed by atoms with Crippen molar-refractivity contribution in [3.8, 4) is 23.0 Å². The minimum absolute atomic E-state index is 0.0261. The molecule has 21 nitrogen and oxygen atoms in total. The Kier molecular flexibility index (Phi) is 16.1. The molecule has 0 aliphatic carbocycles. The average molecular weight is 1100 g/mol. The molecule has 5 aliphatic rings. The Balaban J connectivity index is 0.804. The lowest BCUT2D eigenvalue weighted by Crippen LogP contribution is -2.50. The van der Waals surface area contributed by atoms with E-state index in [1.165, 1.54) is 40.2 Å². The first kappa shape index (κ1) is 54.8. The average Bonchev–Trinajstić information content (AvgIpc) is 4.22. The van der Waals surface area contributed by atoms with E-state index in [0.29, 0.717) is 88.1 Å². The zero-order chi connectivity index (χ0) is 56.9. The van der Waals surface area contributed by atoms with Gasteiger partial charge in [0.05, 0.1) is 48.8 Å². The Labute approximate surface area is 467 Å². The maximum absolute atomic E-state index is 14.1. The van der Waals surface area contributed by atoms with Crippen LogP contribution in [0.15, 0.2) is 108 Å². The van der Waals surface area contributed by atoms with Gasteiger partial charge in [-0.15, -0.1) is 0 Å². The predicted molar refractivity (Wildman–Crippen MR) is 300 cm³/mol. The number of hydrogen-bond donors (Lipinski definition) is 5. The van der Waals surface area contributed by atoms with Gasteiger partial charge in [0.25, 0.3) is 23.6 Å². The van der Waals surface area contributed by atoms with Gasteiger partial charge in [-0.25, -0.2) is 0 Å². The van der Waals surface area contributed by atoms with Gasteiger partial charge < -0.3 is 50.4 Å². The Morgan fingerprint density at radius 1 is 0.667 bits per heavy atom. The molecule has 0 fully saturated rings. The first-order chi connectivity index (χ1) is 39.2. The van der Waals surface area contributed by atoms with E-state index in [4.69, 9.17) is 23.9 Å². The van der Waals surface area contributed by atoms with Gasteiger partial charge in [-0.05, 0) is 97.8 Å². The fourth-order valence-electron chi connectivity index (χ4n) is 10.6. The topological polar surface area (TPSA) is 256 Å². The third-order valence-corrected chi connectivity index (χ3v) is 14.7. The number of carbonyl (C=O) groups excluding carboxylic acids is 8. The van der Waals surface area contributed by atoms with Crippen molar-refractivity contribution in [2.75, 3.05) is 54.3 Å². The van der Waals surface area contributed by atoms with E-state index in [0.717, 1.165) is 33.8 Å². The number of rotatable bonds is 21. The number of amides is 8. The molecule has 21 heteroatoms. The van der Waals surface area contributed by atoms with Crippen LogP contribution in [-0.4, -0.2) is 116 Å². The summed E-state index contributed by atoms with van der Waals surface area (Å²) in [5.41, 5.74) is 7.24. The van der Waals surface area contributed by atoms with Gasteiger partial charge in [-0.1, -0.05) is 36.4 Å². The van der Waals surface area contributed by atoms with Gasteiger partial charge in [0, 0.05) is 86.5 Å². The number of aliphatic imine (C=N–C) groups is 1. The number of para-hydroxylation sites is 2. The zero-order valence-corrected chi connectivity index (χ0v) is 45.2. The summed E-state index contributed by atoms with van der Waals surface area (Å²) in [7, 11) is 2.98. The summed E-state index contributed by atoms with van der Waals surface area (Å²) in [5, 5.41) is 14.3. The summed E-state index contributed by atoms with van der Waals surface area (Å²) in [6.45, 7) is 3.61. The Morgan fingerprint density at radius 2 is 1.26 bits per heavy atom. The summed E-state index contributed by atoms with van der Waals surface area (Å²) < 4.78 is 24.4. The van der Waals surface area contributed by atoms with Gasteiger partial charge in [-0.2, -0.15) is 0 Å². The fraction of sp³-hybridized carbons (Fsp3) is 0.317. The summed E-state index contributed by atoms with van der Waals surface area (Å²) in [6.07, 6.45) is 6.38. The van der Waals surface area contributed by atoms with Gasteiger partial charge in [0.1, 0.15) is 25.3 Å². The van der Waals surface area contributed by atoms with Crippen LogP contribution in [0.5, 0.6) is 23.0 Å². The number of hydrogen-bond acceptors (Lipinski definition) is 14. The van der Waals surface area contributed by atoms with E-state index in [-0.39, 0.29) is 69.0 Å². The van der Waals surface area contributed by atoms with Crippen LogP contribution in [0.3, 0.4) is 0 Å². The van der Waals surface area contributed by atoms with Gasteiger partial charge in [0.2, 0.25) is 23.6 Å². The molecule has 81 heavy (non-hydrogen) atoms. The van der Waals surface area contributed by atoms with Crippen molar-refractivity contribution >= 4 is 81.9 Å². The van der Waals surface area contributed by atoms with E-state index in [2.05, 4.69) is 26.6 Å². The molecular formula is C60H61N9O12. The molecule has 5 aliphatic heterocycles. The fourth-order valence-corrected chi connectivity index (χ4v) is 10.6. The lowest BCUT2D eigenvalue weighted by Gasteiger charge is -2.22. The maximum atomic E-state index is 14.1. The van der Waals surface area contributed by atoms with Crippen LogP contribution >= 0.6 is 0 Å². The third-order valence-electron chi connectivity index (χ3n) is 14.7. The second-order valence-corrected chi connectivity index (χ2v) is 20.3. The minimum atomic E-state index is -1.06. The summed E-state index contributed by atoms with van der Waals surface area (Å²) in [6, 6.07) is 25.3. The molecule has 1 unspecified atom stereocenters. The Morgan fingerprint density at radius 3 is 1.94 bits per heavy atom. The molecule has 5 heterocycles. The van der Waals surface area contributed by atoms with Crippen LogP contribution in [0.4, 0.5) is 28.4 Å². The minimum Gasteiger partial charge on any atom is -0.493 e. The highest BCUT2D eigenvalue weighted by molar-refractivity contribution is 6.15. The summed E-state index contributed by atoms with van der Waals surface area (Å²) in [5.74, 6) is -1.78. The van der Waals surface area contributed by atoms with Crippen LogP contribution in [0.25, 0.3) is 0 Å². The molecule has 8 amide bonds. The number of unbranched alkanes of at least 4 members (excludes halogenated alkanes) is 1. The van der Waals surface area contributed by atoms with Crippen molar-refractivity contribution in [1.82, 2.24) is 20.9 Å². The third kappa shape index (κ3) is 11.9. The monoisotopic (exact) mass is 1100 g/mol. The number of ether oxygens (including phenoxy) is 4. The SMILES string of the molecule is COc1cc2c(cc1OCc1cc(COc3cc4c(cc3OC)C(=O)N3c5ccccc5C[C@H]3CN4)cc(NC(=O)[C@H](C)NC(=O)[C@H](C)NC(=O)CCCCC(=O)NCCN3C(=O)C=CC3=O)c1)N=CC1Cc3ccccc3N1C2=O. The van der Waals surface area contributed by atoms with E-state index in [1.54, 1.807) is 47.5 Å². The molecule has 0 aromatic heterocycles. The van der Waals surface area contributed by atoms with Crippen molar-refractivity contribution in [1.29, 1.82) is 0 Å². The van der Waals surface area contributed by atoms with Crippen LogP contribution in [-0.2, 0) is 54.8 Å². The highest BCUT2D eigenvalue weighted by Crippen LogP contribution is 2.43. The molecule has 0 spiro atoms. The quantitative estimate of drug-likeness (QED) is 0.0438. The number of anilines is 4. The first-order valence-electron chi connectivity index (χ1n) is 26.8. The largest absolute Gasteiger partial charge is 0.493 e. The van der Waals surface area contributed by atoms with Crippen molar-refractivity contribution in [2.45, 2.75) is 89.8 Å². The van der Waals surface area contributed by atoms with Gasteiger partial charge in [0.15, 0.2) is 23.0 Å². The molecule has 5 aromatic carbocycles. The molecule has 418 valence electrons. The second-order valence-electron chi connectivity index (χ2n) is 20.3. The van der Waals surface area contributed by atoms with Crippen molar-refractivity contribution < 1.29 is 57.3 Å². The predicted octanol–water partition coefficient (Wildman–Crippen LogP) is 5.70. The maximum Gasteiger partial charge on any atom is 0.261 e. The lowest BCUT2D eigenvalue weighted by atomic mass is 10.1. The Bertz CT molecular complexity index is 3410. The Hall–Kier alpha value is -9.53. The number of imide groups is 1. The van der Waals surface area contributed by atoms with E-state index >= 15 is 0 Å². The smallest absolute Gasteiger partial charge is 0.261 e. The highest BCUT2D eigenvalue weighted by Gasteiger charge is 2.39. The number of nitrogens with zero attached hydrogens (tertiary/aromatic N) is 4. The number of methoxy groups -OCH3 is 2. The van der Waals surface area contributed by atoms with E-state index in [1.807, 2.05) is 59.5 Å². The molecule has 0 saturated heterocycles. The van der Waals surface area contributed by atoms with Crippen molar-refractivity contribution in [2.24, 2.45) is 4.99 Å². The molecule has 5 N–H and O–H groups in total. The van der Waals surface area contributed by atoms with Crippen molar-refractivity contribution in [3.05, 3.63) is 137 Å². The zero-order valence-electron chi connectivity index (χ0n) is 45.2.